The number of likely N-dealkylation sites (tertiary alicyclic amines) is 2. The standard InChI is InChI=1S/C42H48N8O6/c1-24(2)36(48-42(54)56-5)40(52)50-19-7-9-35(50)38-44-23-33(47-38)31-17-16-29-20-28(14-15-30(29)21-31)26-10-12-27(13-11-26)32-22-43-37(46-32)34-8-6-18-49(34)39(51)25(3)45-41(53)55-4/h10-17,20-25,34-36H,6-9,18-19H2,1-5H3,(H,43,46)(H,44,47)(H,45,53)(H,48,54)/t25-,34-,35-,36-/m0/s1. The first-order chi connectivity index (χ1) is 27.0. The van der Waals surface area contributed by atoms with Gasteiger partial charge >= 0.3 is 12.2 Å². The van der Waals surface area contributed by atoms with Crippen LogP contribution in [0.5, 0.6) is 0 Å². The van der Waals surface area contributed by atoms with Crippen molar-refractivity contribution in [2.45, 2.75) is 70.6 Å². The van der Waals surface area contributed by atoms with Crippen molar-refractivity contribution >= 4 is 34.8 Å². The lowest BCUT2D eigenvalue weighted by atomic mass is 9.98. The predicted octanol–water partition coefficient (Wildman–Crippen LogP) is 6.74. The van der Waals surface area contributed by atoms with Gasteiger partial charge in [-0.05, 0) is 78.1 Å². The third-order valence-electron chi connectivity index (χ3n) is 10.9. The Morgan fingerprint density at radius 1 is 0.661 bits per heavy atom. The number of imidazole rings is 2. The number of aromatic amines is 2. The van der Waals surface area contributed by atoms with Gasteiger partial charge in [-0.3, -0.25) is 9.59 Å². The Kier molecular flexibility index (Phi) is 11.1. The average Bonchev–Trinajstić information content (AvgIpc) is 4.06. The van der Waals surface area contributed by atoms with Gasteiger partial charge in [-0.2, -0.15) is 0 Å². The number of amides is 4. The lowest BCUT2D eigenvalue weighted by Gasteiger charge is -2.30. The molecule has 4 N–H and O–H groups in total. The van der Waals surface area contributed by atoms with E-state index in [-0.39, 0.29) is 29.8 Å². The van der Waals surface area contributed by atoms with Crippen LogP contribution in [0.25, 0.3) is 44.4 Å². The van der Waals surface area contributed by atoms with Crippen LogP contribution in [0.2, 0.25) is 0 Å². The summed E-state index contributed by atoms with van der Waals surface area (Å²) in [7, 11) is 2.56. The molecule has 14 nitrogen and oxygen atoms in total. The summed E-state index contributed by atoms with van der Waals surface area (Å²) in [5.74, 6) is 1.04. The van der Waals surface area contributed by atoms with Gasteiger partial charge in [-0.25, -0.2) is 19.6 Å². The Balaban J connectivity index is 1.02. The van der Waals surface area contributed by atoms with E-state index in [1.165, 1.54) is 14.2 Å². The lowest BCUT2D eigenvalue weighted by molar-refractivity contribution is -0.135. The number of nitrogens with zero attached hydrogens (tertiary/aromatic N) is 4. The summed E-state index contributed by atoms with van der Waals surface area (Å²) < 4.78 is 9.41. The van der Waals surface area contributed by atoms with Crippen molar-refractivity contribution < 1.29 is 28.7 Å². The molecule has 292 valence electrons. The molecule has 2 fully saturated rings. The molecule has 3 aromatic carbocycles. The van der Waals surface area contributed by atoms with Crippen LogP contribution in [0, 0.1) is 5.92 Å². The number of hydrogen-bond acceptors (Lipinski definition) is 8. The third-order valence-corrected chi connectivity index (χ3v) is 10.9. The van der Waals surface area contributed by atoms with Gasteiger partial charge in [-0.15, -0.1) is 0 Å². The molecule has 56 heavy (non-hydrogen) atoms. The highest BCUT2D eigenvalue weighted by atomic mass is 16.5. The molecule has 4 amide bonds. The van der Waals surface area contributed by atoms with E-state index in [0.29, 0.717) is 13.1 Å². The largest absolute Gasteiger partial charge is 0.453 e. The van der Waals surface area contributed by atoms with Crippen LogP contribution in [0.3, 0.4) is 0 Å². The summed E-state index contributed by atoms with van der Waals surface area (Å²) >= 11 is 0. The molecule has 2 aliphatic rings. The number of aromatic nitrogens is 4. The molecule has 0 aliphatic carbocycles. The van der Waals surface area contributed by atoms with E-state index in [1.807, 2.05) is 24.9 Å². The van der Waals surface area contributed by atoms with Crippen molar-refractivity contribution in [1.29, 1.82) is 0 Å². The summed E-state index contributed by atoms with van der Waals surface area (Å²) in [6.45, 7) is 6.65. The second kappa shape index (κ2) is 16.3. The Bertz CT molecular complexity index is 2230. The number of alkyl carbamates (subject to hydrolysis) is 2. The molecule has 0 saturated carbocycles. The summed E-state index contributed by atoms with van der Waals surface area (Å²) in [4.78, 5) is 70.1. The monoisotopic (exact) mass is 760 g/mol. The number of nitrogens with one attached hydrogen (secondary N) is 4. The van der Waals surface area contributed by atoms with Gasteiger partial charge in [0.1, 0.15) is 23.7 Å². The smallest absolute Gasteiger partial charge is 0.407 e. The Morgan fingerprint density at radius 3 is 1.71 bits per heavy atom. The Labute approximate surface area is 325 Å². The molecule has 4 heterocycles. The van der Waals surface area contributed by atoms with E-state index in [0.717, 1.165) is 81.7 Å². The molecular weight excluding hydrogens is 713 g/mol. The first-order valence-corrected chi connectivity index (χ1v) is 19.1. The Morgan fingerprint density at radius 2 is 1.14 bits per heavy atom. The fourth-order valence-corrected chi connectivity index (χ4v) is 7.79. The molecule has 0 bridgehead atoms. The number of H-pyrrole nitrogens is 2. The first-order valence-electron chi connectivity index (χ1n) is 19.1. The van der Waals surface area contributed by atoms with E-state index in [4.69, 9.17) is 9.72 Å². The van der Waals surface area contributed by atoms with Crippen molar-refractivity contribution in [3.05, 3.63) is 84.7 Å². The van der Waals surface area contributed by atoms with Gasteiger partial charge in [-0.1, -0.05) is 62.4 Å². The molecule has 2 aromatic heterocycles. The topological polar surface area (TPSA) is 175 Å². The number of hydrogen-bond donors (Lipinski definition) is 4. The van der Waals surface area contributed by atoms with Gasteiger partial charge in [0.25, 0.3) is 0 Å². The van der Waals surface area contributed by atoms with Gasteiger partial charge in [0.2, 0.25) is 11.8 Å². The molecule has 0 radical (unpaired) electrons. The SMILES string of the molecule is COC(=O)N[C@@H](C)C(=O)N1CCC[C@H]1c1ncc(-c2ccc(-c3ccc4cc(-c5cnc([C@@H]6CCCN6C(=O)[C@@H](NC(=O)OC)C(C)C)[nH]5)ccc4c3)cc2)[nH]1. The zero-order valence-corrected chi connectivity index (χ0v) is 32.3. The van der Waals surface area contributed by atoms with Gasteiger partial charge in [0.15, 0.2) is 0 Å². The van der Waals surface area contributed by atoms with Crippen molar-refractivity contribution in [3.8, 4) is 33.6 Å². The number of fused-ring (bicyclic) bond motifs is 1. The molecule has 0 spiro atoms. The maximum Gasteiger partial charge on any atom is 0.407 e. The second-order valence-corrected chi connectivity index (χ2v) is 14.8. The molecule has 0 unspecified atom stereocenters. The van der Waals surface area contributed by atoms with Crippen LogP contribution in [-0.4, -0.2) is 93.1 Å². The highest BCUT2D eigenvalue weighted by Crippen LogP contribution is 2.35. The minimum absolute atomic E-state index is 0.104. The quantitative estimate of drug-likeness (QED) is 0.121. The van der Waals surface area contributed by atoms with Crippen molar-refractivity contribution in [2.24, 2.45) is 5.92 Å². The number of rotatable bonds is 10. The highest BCUT2D eigenvalue weighted by Gasteiger charge is 2.38. The molecule has 7 rings (SSSR count). The molecule has 4 atom stereocenters. The first kappa shape index (κ1) is 38.1. The van der Waals surface area contributed by atoms with E-state index in [2.05, 4.69) is 91.0 Å². The number of ether oxygens (including phenoxy) is 2. The molecule has 2 aliphatic heterocycles. The minimum Gasteiger partial charge on any atom is -0.453 e. The molecule has 2 saturated heterocycles. The summed E-state index contributed by atoms with van der Waals surface area (Å²) in [5, 5.41) is 7.45. The van der Waals surface area contributed by atoms with E-state index >= 15 is 0 Å². The number of benzene rings is 3. The number of carbonyl (C=O) groups is 4. The van der Waals surface area contributed by atoms with Crippen LogP contribution in [0.15, 0.2) is 73.1 Å². The zero-order valence-electron chi connectivity index (χ0n) is 32.3. The van der Waals surface area contributed by atoms with Gasteiger partial charge in [0.05, 0.1) is 50.1 Å². The van der Waals surface area contributed by atoms with Crippen LogP contribution in [0.1, 0.15) is 70.2 Å². The Hall–Kier alpha value is -6.18. The summed E-state index contributed by atoms with van der Waals surface area (Å²) in [6.07, 6.45) is 5.63. The van der Waals surface area contributed by atoms with Crippen molar-refractivity contribution in [2.75, 3.05) is 27.3 Å². The summed E-state index contributed by atoms with van der Waals surface area (Å²) in [5.41, 5.74) is 5.88. The molecular formula is C42H48N8O6. The maximum atomic E-state index is 13.6. The van der Waals surface area contributed by atoms with Crippen LogP contribution in [-0.2, 0) is 19.1 Å². The van der Waals surface area contributed by atoms with E-state index < -0.39 is 24.3 Å². The van der Waals surface area contributed by atoms with Gasteiger partial charge in [0, 0.05) is 18.7 Å². The van der Waals surface area contributed by atoms with Crippen molar-refractivity contribution in [1.82, 2.24) is 40.4 Å². The zero-order chi connectivity index (χ0) is 39.5. The fourth-order valence-electron chi connectivity index (χ4n) is 7.79. The van der Waals surface area contributed by atoms with E-state index in [9.17, 15) is 19.2 Å². The van der Waals surface area contributed by atoms with Crippen LogP contribution in [0.4, 0.5) is 9.59 Å². The van der Waals surface area contributed by atoms with Crippen molar-refractivity contribution in [3.63, 3.8) is 0 Å². The second-order valence-electron chi connectivity index (χ2n) is 14.8. The van der Waals surface area contributed by atoms with Crippen LogP contribution < -0.4 is 10.6 Å². The van der Waals surface area contributed by atoms with Crippen LogP contribution >= 0.6 is 0 Å². The number of methoxy groups -OCH3 is 2. The summed E-state index contributed by atoms with van der Waals surface area (Å²) in [6, 6.07) is 19.2. The average molecular weight is 761 g/mol. The number of carbonyl (C=O) groups excluding carboxylic acids is 4. The molecule has 14 heteroatoms. The molecule has 5 aromatic rings. The normalized spacial score (nSPS) is 17.9. The predicted molar refractivity (Wildman–Crippen MR) is 211 cm³/mol. The van der Waals surface area contributed by atoms with E-state index in [1.54, 1.807) is 18.0 Å². The third kappa shape index (κ3) is 7.81. The maximum absolute atomic E-state index is 13.6. The highest BCUT2D eigenvalue weighted by molar-refractivity contribution is 5.91. The lowest BCUT2D eigenvalue weighted by Crippen LogP contribution is -2.51. The minimum atomic E-state index is -0.705. The fraction of sp³-hybridized carbons (Fsp3) is 0.381. The van der Waals surface area contributed by atoms with Gasteiger partial charge < -0.3 is 39.9 Å².